The average molecular weight is 327 g/mol. The van der Waals surface area contributed by atoms with E-state index in [1.807, 2.05) is 12.1 Å². The van der Waals surface area contributed by atoms with Crippen LogP contribution in [0.2, 0.25) is 0 Å². The highest BCUT2D eigenvalue weighted by atomic mass is 16.2. The molecule has 7 heteroatoms. The van der Waals surface area contributed by atoms with Gasteiger partial charge in [-0.1, -0.05) is 6.07 Å². The largest absolute Gasteiger partial charge is 0.347 e. The maximum absolute atomic E-state index is 12.0. The number of hydrogen-bond donors (Lipinski definition) is 1. The second kappa shape index (κ2) is 8.20. The molecule has 1 aliphatic heterocycles. The van der Waals surface area contributed by atoms with Crippen LogP contribution in [0.5, 0.6) is 0 Å². The minimum atomic E-state index is -0.467. The molecule has 0 aromatic carbocycles. The van der Waals surface area contributed by atoms with Crippen molar-refractivity contribution in [2.75, 3.05) is 13.6 Å². The lowest BCUT2D eigenvalue weighted by atomic mass is 10.0. The molecule has 0 atom stereocenters. The highest BCUT2D eigenvalue weighted by Gasteiger charge is 2.39. The predicted molar refractivity (Wildman–Crippen MR) is 88.6 cm³/mol. The fourth-order valence-electron chi connectivity index (χ4n) is 2.23. The van der Waals surface area contributed by atoms with Crippen molar-refractivity contribution >= 4 is 11.8 Å². The molecule has 2 amide bonds. The van der Waals surface area contributed by atoms with Crippen LogP contribution in [0.4, 0.5) is 0 Å². The van der Waals surface area contributed by atoms with Gasteiger partial charge in [-0.15, -0.1) is 12.3 Å². The van der Waals surface area contributed by atoms with Crippen LogP contribution >= 0.6 is 0 Å². The van der Waals surface area contributed by atoms with Crippen LogP contribution in [0, 0.1) is 12.3 Å². The normalized spacial score (nSPS) is 13.8. The SMILES string of the molecule is C#CCCC1(CCC(=O)NCC(=O)N(C)Cc2cccnc2)N=N1. The molecule has 0 fully saturated rings. The number of likely N-dealkylation sites (N-methyl/N-ethyl adjacent to an activating group) is 1. The first kappa shape index (κ1) is 17.6. The monoisotopic (exact) mass is 327 g/mol. The van der Waals surface area contributed by atoms with Crippen LogP contribution in [-0.4, -0.2) is 41.0 Å². The number of aromatic nitrogens is 1. The molecule has 0 radical (unpaired) electrons. The number of carbonyl (C=O) groups excluding carboxylic acids is 2. The topological polar surface area (TPSA) is 87.0 Å². The molecule has 0 bridgehead atoms. The molecule has 126 valence electrons. The lowest BCUT2D eigenvalue weighted by molar-refractivity contribution is -0.132. The summed E-state index contributed by atoms with van der Waals surface area (Å²) in [4.78, 5) is 29.5. The van der Waals surface area contributed by atoms with Crippen molar-refractivity contribution in [1.29, 1.82) is 0 Å². The summed E-state index contributed by atoms with van der Waals surface area (Å²) in [6, 6.07) is 3.72. The molecule has 0 saturated heterocycles. The highest BCUT2D eigenvalue weighted by molar-refractivity contribution is 5.84. The number of nitrogens with zero attached hydrogens (tertiary/aromatic N) is 4. The molecule has 0 unspecified atom stereocenters. The Morgan fingerprint density at radius 2 is 2.17 bits per heavy atom. The summed E-state index contributed by atoms with van der Waals surface area (Å²) in [5, 5.41) is 10.6. The van der Waals surface area contributed by atoms with Gasteiger partial charge in [-0.05, 0) is 11.6 Å². The van der Waals surface area contributed by atoms with Gasteiger partial charge in [0.15, 0.2) is 5.66 Å². The van der Waals surface area contributed by atoms with E-state index in [-0.39, 0.29) is 24.8 Å². The Kier molecular flexibility index (Phi) is 6.01. The van der Waals surface area contributed by atoms with Crippen molar-refractivity contribution in [2.45, 2.75) is 37.9 Å². The molecule has 1 N–H and O–H groups in total. The third-order valence-corrected chi connectivity index (χ3v) is 3.81. The molecule has 0 aliphatic carbocycles. The summed E-state index contributed by atoms with van der Waals surface area (Å²) in [5.41, 5.74) is 0.470. The summed E-state index contributed by atoms with van der Waals surface area (Å²) in [6.07, 6.45) is 10.7. The van der Waals surface area contributed by atoms with Crippen molar-refractivity contribution in [3.8, 4) is 12.3 Å². The Bertz CT molecular complexity index is 645. The Labute approximate surface area is 141 Å². The number of terminal acetylenes is 1. The van der Waals surface area contributed by atoms with E-state index in [4.69, 9.17) is 6.42 Å². The van der Waals surface area contributed by atoms with E-state index < -0.39 is 5.66 Å². The predicted octanol–water partition coefficient (Wildman–Crippen LogP) is 1.51. The summed E-state index contributed by atoms with van der Waals surface area (Å²) in [6.45, 7) is 0.427. The molecule has 0 saturated carbocycles. The lowest BCUT2D eigenvalue weighted by Crippen LogP contribution is -2.38. The number of amides is 2. The Morgan fingerprint density at radius 1 is 1.38 bits per heavy atom. The molecular weight excluding hydrogens is 306 g/mol. The van der Waals surface area contributed by atoms with Gasteiger partial charge in [0.25, 0.3) is 0 Å². The minimum absolute atomic E-state index is 0.0266. The maximum atomic E-state index is 12.0. The van der Waals surface area contributed by atoms with Crippen molar-refractivity contribution in [3.63, 3.8) is 0 Å². The van der Waals surface area contributed by atoms with Crippen LogP contribution < -0.4 is 5.32 Å². The van der Waals surface area contributed by atoms with Crippen LogP contribution in [-0.2, 0) is 16.1 Å². The Hall–Kier alpha value is -2.75. The summed E-state index contributed by atoms with van der Waals surface area (Å²) in [5.74, 6) is 2.21. The minimum Gasteiger partial charge on any atom is -0.347 e. The Morgan fingerprint density at radius 3 is 2.79 bits per heavy atom. The second-order valence-electron chi connectivity index (χ2n) is 5.77. The maximum Gasteiger partial charge on any atom is 0.242 e. The van der Waals surface area contributed by atoms with Crippen molar-refractivity contribution in [3.05, 3.63) is 30.1 Å². The van der Waals surface area contributed by atoms with Crippen LogP contribution in [0.25, 0.3) is 0 Å². The lowest BCUT2D eigenvalue weighted by Gasteiger charge is -2.17. The average Bonchev–Trinajstić information content (AvgIpc) is 3.37. The van der Waals surface area contributed by atoms with E-state index in [0.717, 1.165) is 5.56 Å². The summed E-state index contributed by atoms with van der Waals surface area (Å²) < 4.78 is 0. The van der Waals surface area contributed by atoms with Gasteiger partial charge >= 0.3 is 0 Å². The first-order chi connectivity index (χ1) is 11.5. The number of carbonyl (C=O) groups is 2. The first-order valence-electron chi connectivity index (χ1n) is 7.82. The summed E-state index contributed by atoms with van der Waals surface area (Å²) >= 11 is 0. The molecule has 2 rings (SSSR count). The zero-order chi connectivity index (χ0) is 17.4. The van der Waals surface area contributed by atoms with E-state index >= 15 is 0 Å². The van der Waals surface area contributed by atoms with Gasteiger partial charge in [-0.25, -0.2) is 0 Å². The van der Waals surface area contributed by atoms with Crippen molar-refractivity contribution < 1.29 is 9.59 Å². The van der Waals surface area contributed by atoms with E-state index in [1.54, 1.807) is 24.3 Å². The quantitative estimate of drug-likeness (QED) is 0.698. The molecule has 1 aromatic heterocycles. The fraction of sp³-hybridized carbons (Fsp3) is 0.471. The van der Waals surface area contributed by atoms with Crippen molar-refractivity contribution in [1.82, 2.24) is 15.2 Å². The summed E-state index contributed by atoms with van der Waals surface area (Å²) in [7, 11) is 1.69. The zero-order valence-electron chi connectivity index (χ0n) is 13.7. The molecule has 0 spiro atoms. The van der Waals surface area contributed by atoms with Gasteiger partial charge in [-0.2, -0.15) is 10.2 Å². The second-order valence-corrected chi connectivity index (χ2v) is 5.77. The van der Waals surface area contributed by atoms with Gasteiger partial charge in [-0.3, -0.25) is 14.6 Å². The van der Waals surface area contributed by atoms with E-state index in [2.05, 4.69) is 26.4 Å². The highest BCUT2D eigenvalue weighted by Crippen LogP contribution is 2.37. The molecule has 1 aliphatic rings. The van der Waals surface area contributed by atoms with Crippen LogP contribution in [0.3, 0.4) is 0 Å². The Balaban J connectivity index is 1.66. The fourth-order valence-corrected chi connectivity index (χ4v) is 2.23. The van der Waals surface area contributed by atoms with Crippen LogP contribution in [0.15, 0.2) is 34.8 Å². The van der Waals surface area contributed by atoms with E-state index in [0.29, 0.717) is 25.8 Å². The van der Waals surface area contributed by atoms with Gasteiger partial charge in [0.1, 0.15) is 0 Å². The standard InChI is InChI=1S/C17H21N5O2/c1-3-4-8-17(20-21-17)9-7-15(23)19-12-16(24)22(2)13-14-6-5-10-18-11-14/h1,5-6,10-11H,4,7-9,12-13H2,2H3,(H,19,23). The van der Waals surface area contributed by atoms with Gasteiger partial charge in [0.05, 0.1) is 6.54 Å². The third-order valence-electron chi connectivity index (χ3n) is 3.81. The number of pyridine rings is 1. The van der Waals surface area contributed by atoms with E-state index in [1.165, 1.54) is 0 Å². The molecule has 7 nitrogen and oxygen atoms in total. The van der Waals surface area contributed by atoms with Gasteiger partial charge < -0.3 is 10.2 Å². The molecule has 24 heavy (non-hydrogen) atoms. The molecule has 2 heterocycles. The zero-order valence-corrected chi connectivity index (χ0v) is 13.7. The van der Waals surface area contributed by atoms with E-state index in [9.17, 15) is 9.59 Å². The number of rotatable bonds is 9. The number of nitrogens with one attached hydrogen (secondary N) is 1. The van der Waals surface area contributed by atoms with Crippen molar-refractivity contribution in [2.24, 2.45) is 10.2 Å². The van der Waals surface area contributed by atoms with Gasteiger partial charge in [0.2, 0.25) is 11.8 Å². The molecular formula is C17H21N5O2. The smallest absolute Gasteiger partial charge is 0.242 e. The first-order valence-corrected chi connectivity index (χ1v) is 7.82. The third kappa shape index (κ3) is 5.47. The number of hydrogen-bond acceptors (Lipinski definition) is 5. The molecule has 1 aromatic rings. The van der Waals surface area contributed by atoms with Crippen LogP contribution in [0.1, 0.15) is 31.2 Å². The van der Waals surface area contributed by atoms with Gasteiger partial charge in [0, 0.05) is 51.7 Å².